The number of carbonyl (C=O) groups excluding carboxylic acids is 1. The van der Waals surface area contributed by atoms with Crippen molar-refractivity contribution in [2.45, 2.75) is 38.1 Å². The van der Waals surface area contributed by atoms with E-state index in [1.54, 1.807) is 0 Å². The first kappa shape index (κ1) is 23.5. The predicted octanol–water partition coefficient (Wildman–Crippen LogP) is 2.46. The van der Waals surface area contributed by atoms with E-state index < -0.39 is 25.0 Å². The van der Waals surface area contributed by atoms with Crippen LogP contribution >= 0.6 is 0 Å². The number of hydrogen-bond donors (Lipinski definition) is 2. The molecule has 9 nitrogen and oxygen atoms in total. The van der Waals surface area contributed by atoms with Gasteiger partial charge in [-0.2, -0.15) is 8.42 Å². The van der Waals surface area contributed by atoms with Crippen LogP contribution in [0.25, 0.3) is 0 Å². The van der Waals surface area contributed by atoms with Crippen molar-refractivity contribution < 1.29 is 35.8 Å². The lowest BCUT2D eigenvalue weighted by Gasteiger charge is -2.28. The third-order valence-electron chi connectivity index (χ3n) is 3.35. The summed E-state index contributed by atoms with van der Waals surface area (Å²) in [4.78, 5) is 11.5. The second kappa shape index (κ2) is 11.4. The first-order valence-corrected chi connectivity index (χ1v) is 12.1. The summed E-state index contributed by atoms with van der Waals surface area (Å²) < 4.78 is 53.1. The van der Waals surface area contributed by atoms with Crippen molar-refractivity contribution in [2.24, 2.45) is 0 Å². The van der Waals surface area contributed by atoms with Gasteiger partial charge in [-0.25, -0.2) is 4.79 Å². The molecule has 0 saturated carbocycles. The van der Waals surface area contributed by atoms with Gasteiger partial charge in [0.25, 0.3) is 10.1 Å². The first-order chi connectivity index (χ1) is 12.8. The van der Waals surface area contributed by atoms with Crippen LogP contribution in [-0.2, 0) is 23.4 Å². The molecule has 27 heavy (non-hydrogen) atoms. The lowest BCUT2D eigenvalue weighted by atomic mass is 10.3. The van der Waals surface area contributed by atoms with E-state index in [9.17, 15) is 13.2 Å². The molecule has 1 amide bonds. The Kier molecular flexibility index (Phi) is 9.91. The van der Waals surface area contributed by atoms with E-state index in [4.69, 9.17) is 22.6 Å². The van der Waals surface area contributed by atoms with Crippen molar-refractivity contribution in [3.05, 3.63) is 24.3 Å². The fourth-order valence-electron chi connectivity index (χ4n) is 2.32. The number of carbonyl (C=O) groups is 1. The highest BCUT2D eigenvalue weighted by molar-refractivity contribution is 7.85. The van der Waals surface area contributed by atoms with Crippen molar-refractivity contribution in [3.63, 3.8) is 0 Å². The molecule has 0 aliphatic heterocycles. The molecule has 1 rings (SSSR count). The first-order valence-electron chi connectivity index (χ1n) is 8.71. The van der Waals surface area contributed by atoms with Crippen LogP contribution in [0.5, 0.6) is 5.75 Å². The fraction of sp³-hybridized carbons (Fsp3) is 0.562. The molecule has 1 aromatic carbocycles. The lowest BCUT2D eigenvalue weighted by Crippen LogP contribution is -2.46. The van der Waals surface area contributed by atoms with Gasteiger partial charge in [0.1, 0.15) is 5.75 Å². The summed E-state index contributed by atoms with van der Waals surface area (Å²) in [5.41, 5.74) is 0. The zero-order valence-corrected chi connectivity index (χ0v) is 17.6. The summed E-state index contributed by atoms with van der Waals surface area (Å²) in [6.07, 6.45) is -0.0886. The molecule has 0 unspecified atom stereocenters. The second-order valence-electron chi connectivity index (χ2n) is 5.35. The molecule has 1 aromatic rings. The highest BCUT2D eigenvalue weighted by atomic mass is 32.2. The summed E-state index contributed by atoms with van der Waals surface area (Å²) in [6.45, 7) is 7.43. The number of hydrogen-bond acceptors (Lipinski definition) is 7. The summed E-state index contributed by atoms with van der Waals surface area (Å²) in [5, 5.41) is 2.60. The van der Waals surface area contributed by atoms with Gasteiger partial charge in [0, 0.05) is 32.4 Å². The van der Waals surface area contributed by atoms with Crippen LogP contribution in [0.1, 0.15) is 27.2 Å². The van der Waals surface area contributed by atoms with Crippen molar-refractivity contribution >= 4 is 25.0 Å². The minimum atomic E-state index is -4.28. The monoisotopic (exact) mass is 421 g/mol. The highest BCUT2D eigenvalue weighted by Gasteiger charge is 2.39. The topological polar surface area (TPSA) is 120 Å². The average Bonchev–Trinajstić information content (AvgIpc) is 2.59. The fourth-order valence-corrected chi connectivity index (χ4v) is 5.41. The highest BCUT2D eigenvalue weighted by Crippen LogP contribution is 2.18. The van der Waals surface area contributed by atoms with Crippen LogP contribution in [-0.4, -0.2) is 54.2 Å². The molecular formula is C16H27NO8SSi. The smallest absolute Gasteiger partial charge is 0.410 e. The number of rotatable bonds is 12. The van der Waals surface area contributed by atoms with E-state index in [0.29, 0.717) is 38.8 Å². The molecule has 0 aliphatic rings. The quantitative estimate of drug-likeness (QED) is 0.300. The Morgan fingerprint density at radius 1 is 1.04 bits per heavy atom. The summed E-state index contributed by atoms with van der Waals surface area (Å²) >= 11 is 0. The van der Waals surface area contributed by atoms with E-state index in [0.717, 1.165) is 12.1 Å². The molecule has 0 fully saturated rings. The number of benzene rings is 1. The van der Waals surface area contributed by atoms with Crippen molar-refractivity contribution in [1.82, 2.24) is 5.32 Å². The molecule has 0 aliphatic carbocycles. The Hall–Kier alpha value is -1.50. The van der Waals surface area contributed by atoms with Gasteiger partial charge < -0.3 is 23.3 Å². The third kappa shape index (κ3) is 8.37. The van der Waals surface area contributed by atoms with Gasteiger partial charge in [-0.15, -0.1) is 0 Å². The van der Waals surface area contributed by atoms with Crippen LogP contribution in [0.15, 0.2) is 29.2 Å². The Morgan fingerprint density at radius 3 is 2.00 bits per heavy atom. The van der Waals surface area contributed by atoms with E-state index >= 15 is 0 Å². The van der Waals surface area contributed by atoms with Crippen molar-refractivity contribution in [2.75, 3.05) is 26.4 Å². The summed E-state index contributed by atoms with van der Waals surface area (Å²) in [7, 11) is -7.02. The SMILES string of the molecule is CCO[Si](CCCNC(=O)Oc1ccc(S(=O)(=O)O)cc1)(OCC)OCC. The zero-order valence-electron chi connectivity index (χ0n) is 15.8. The van der Waals surface area contributed by atoms with Crippen LogP contribution in [0.3, 0.4) is 0 Å². The Balaban J connectivity index is 2.47. The maximum absolute atomic E-state index is 11.8. The van der Waals surface area contributed by atoms with Crippen LogP contribution in [0.4, 0.5) is 4.79 Å². The normalized spacial score (nSPS) is 12.0. The van der Waals surface area contributed by atoms with Gasteiger partial charge in [0.2, 0.25) is 0 Å². The van der Waals surface area contributed by atoms with Gasteiger partial charge in [-0.3, -0.25) is 4.55 Å². The maximum Gasteiger partial charge on any atom is 0.500 e. The molecule has 0 spiro atoms. The summed E-state index contributed by atoms with van der Waals surface area (Å²) in [5.74, 6) is 0.154. The minimum absolute atomic E-state index is 0.154. The van der Waals surface area contributed by atoms with E-state index in [1.165, 1.54) is 12.1 Å². The second-order valence-corrected chi connectivity index (χ2v) is 9.50. The molecule has 0 bridgehead atoms. The average molecular weight is 422 g/mol. The van der Waals surface area contributed by atoms with Gasteiger partial charge in [-0.1, -0.05) is 0 Å². The standard InChI is InChI=1S/C16H27NO8SSi/c1-4-22-27(23-5-2,24-6-3)13-7-12-17-16(18)25-14-8-10-15(11-9-14)26(19,20)21/h8-11H,4-7,12-13H2,1-3H3,(H,17,18)(H,19,20,21). The van der Waals surface area contributed by atoms with Gasteiger partial charge in [0.05, 0.1) is 4.90 Å². The van der Waals surface area contributed by atoms with Gasteiger partial charge in [-0.05, 0) is 51.5 Å². The van der Waals surface area contributed by atoms with Gasteiger partial charge in [0.15, 0.2) is 0 Å². The van der Waals surface area contributed by atoms with Crippen molar-refractivity contribution in [3.8, 4) is 5.75 Å². The van der Waals surface area contributed by atoms with Gasteiger partial charge >= 0.3 is 14.9 Å². The van der Waals surface area contributed by atoms with Crippen LogP contribution in [0, 0.1) is 0 Å². The Labute approximate surface area is 161 Å². The van der Waals surface area contributed by atoms with Crippen LogP contribution < -0.4 is 10.1 Å². The minimum Gasteiger partial charge on any atom is -0.410 e. The van der Waals surface area contributed by atoms with E-state index in [-0.39, 0.29) is 10.6 Å². The van der Waals surface area contributed by atoms with E-state index in [2.05, 4.69) is 5.32 Å². The molecular weight excluding hydrogens is 394 g/mol. The largest absolute Gasteiger partial charge is 0.500 e. The number of ether oxygens (including phenoxy) is 1. The number of nitrogens with one attached hydrogen (secondary N) is 1. The molecule has 11 heteroatoms. The number of amides is 1. The molecule has 0 radical (unpaired) electrons. The molecule has 154 valence electrons. The Bertz CT molecular complexity index is 663. The predicted molar refractivity (Wildman–Crippen MR) is 100 cm³/mol. The lowest BCUT2D eigenvalue weighted by molar-refractivity contribution is 0.0708. The van der Waals surface area contributed by atoms with Crippen molar-refractivity contribution in [1.29, 1.82) is 0 Å². The molecule has 0 atom stereocenters. The zero-order chi connectivity index (χ0) is 20.3. The summed E-state index contributed by atoms with van der Waals surface area (Å²) in [6, 6.07) is 5.40. The van der Waals surface area contributed by atoms with E-state index in [1.807, 2.05) is 20.8 Å². The maximum atomic E-state index is 11.8. The third-order valence-corrected chi connectivity index (χ3v) is 7.37. The van der Waals surface area contributed by atoms with Crippen LogP contribution in [0.2, 0.25) is 6.04 Å². The molecule has 0 saturated heterocycles. The molecule has 2 N–H and O–H groups in total. The molecule has 0 aromatic heterocycles. The Morgan fingerprint density at radius 2 is 1.56 bits per heavy atom. The molecule has 0 heterocycles.